The lowest BCUT2D eigenvalue weighted by atomic mass is 9.97. The summed E-state index contributed by atoms with van der Waals surface area (Å²) in [6.45, 7) is 0.598. The molecule has 2 aromatic heterocycles. The second-order valence-electron chi connectivity index (χ2n) is 4.62. The third kappa shape index (κ3) is 1.27. The molecule has 0 unspecified atom stereocenters. The van der Waals surface area contributed by atoms with E-state index in [0.29, 0.717) is 6.61 Å². The van der Waals surface area contributed by atoms with Gasteiger partial charge in [0.1, 0.15) is 5.65 Å². The number of fused-ring (bicyclic) bond motifs is 1. The zero-order chi connectivity index (χ0) is 11.2. The van der Waals surface area contributed by atoms with E-state index in [1.54, 1.807) is 0 Å². The van der Waals surface area contributed by atoms with Crippen LogP contribution in [0.5, 0.6) is 0 Å². The predicted molar refractivity (Wildman–Crippen MR) is 61.8 cm³/mol. The van der Waals surface area contributed by atoms with Gasteiger partial charge in [-0.05, 0) is 30.5 Å². The average Bonchev–Trinajstić information content (AvgIpc) is 2.99. The third-order valence-corrected chi connectivity index (χ3v) is 3.52. The van der Waals surface area contributed by atoms with Gasteiger partial charge in [0.25, 0.3) is 0 Å². The van der Waals surface area contributed by atoms with Crippen LogP contribution in [0.1, 0.15) is 18.4 Å². The summed E-state index contributed by atoms with van der Waals surface area (Å²) < 4.78 is 2.07. The van der Waals surface area contributed by atoms with Crippen molar-refractivity contribution in [3.05, 3.63) is 30.1 Å². The molecule has 0 bridgehead atoms. The van der Waals surface area contributed by atoms with E-state index in [1.807, 2.05) is 19.3 Å². The lowest BCUT2D eigenvalue weighted by Gasteiger charge is -2.11. The Kier molecular flexibility index (Phi) is 2.02. The van der Waals surface area contributed by atoms with Gasteiger partial charge >= 0.3 is 0 Å². The molecule has 0 amide bonds. The molecule has 0 saturated heterocycles. The maximum atomic E-state index is 5.22. The zero-order valence-corrected chi connectivity index (χ0v) is 9.31. The van der Waals surface area contributed by atoms with Gasteiger partial charge in [0.2, 0.25) is 0 Å². The summed E-state index contributed by atoms with van der Waals surface area (Å²) in [6, 6.07) is 4.10. The molecule has 0 aromatic carbocycles. The Morgan fingerprint density at radius 3 is 3.06 bits per heavy atom. The Hall–Kier alpha value is -1.39. The second kappa shape index (κ2) is 3.30. The molecule has 0 spiro atoms. The van der Waals surface area contributed by atoms with Gasteiger partial charge in [0.05, 0.1) is 6.61 Å². The van der Waals surface area contributed by atoms with Gasteiger partial charge in [-0.3, -0.25) is 0 Å². The Bertz CT molecular complexity index is 528. The van der Waals surface area contributed by atoms with Crippen LogP contribution in [0.3, 0.4) is 0 Å². The predicted octanol–water partition coefficient (Wildman–Crippen LogP) is 1.50. The van der Waals surface area contributed by atoms with Crippen LogP contribution in [0, 0.1) is 0 Å². The first-order valence-corrected chi connectivity index (χ1v) is 5.49. The summed E-state index contributed by atoms with van der Waals surface area (Å²) in [5.74, 6) is 5.22. The summed E-state index contributed by atoms with van der Waals surface area (Å²) in [7, 11) is 2.03. The summed E-state index contributed by atoms with van der Waals surface area (Å²) in [4.78, 5) is 9.25. The fourth-order valence-electron chi connectivity index (χ4n) is 2.44. The van der Waals surface area contributed by atoms with Crippen LogP contribution in [-0.2, 0) is 17.3 Å². The lowest BCUT2D eigenvalue weighted by Crippen LogP contribution is -2.17. The summed E-state index contributed by atoms with van der Waals surface area (Å²) >= 11 is 0. The molecule has 1 fully saturated rings. The number of hydrogen-bond acceptors (Lipinski definition) is 3. The van der Waals surface area contributed by atoms with Crippen molar-refractivity contribution in [2.75, 3.05) is 6.61 Å². The highest BCUT2D eigenvalue weighted by Crippen LogP contribution is 2.50. The van der Waals surface area contributed by atoms with Crippen LogP contribution >= 0.6 is 0 Å². The first-order valence-electron chi connectivity index (χ1n) is 5.49. The number of aromatic nitrogens is 2. The van der Waals surface area contributed by atoms with Gasteiger partial charge in [0.15, 0.2) is 0 Å². The summed E-state index contributed by atoms with van der Waals surface area (Å²) in [5, 5.41) is 1.22. The topological polar surface area (TPSA) is 53.1 Å². The fourth-order valence-corrected chi connectivity index (χ4v) is 2.44. The first-order chi connectivity index (χ1) is 7.77. The Morgan fingerprint density at radius 1 is 1.56 bits per heavy atom. The average molecular weight is 217 g/mol. The van der Waals surface area contributed by atoms with Gasteiger partial charge in [-0.1, -0.05) is 0 Å². The smallest absolute Gasteiger partial charge is 0.139 e. The molecule has 2 N–H and O–H groups in total. The normalized spacial score (nSPS) is 17.9. The maximum absolute atomic E-state index is 5.22. The van der Waals surface area contributed by atoms with Crippen LogP contribution in [0.2, 0.25) is 0 Å². The minimum absolute atomic E-state index is 0.136. The van der Waals surface area contributed by atoms with E-state index in [9.17, 15) is 0 Å². The third-order valence-electron chi connectivity index (χ3n) is 3.52. The molecule has 3 rings (SSSR count). The highest BCUT2D eigenvalue weighted by molar-refractivity contribution is 5.82. The fraction of sp³-hybridized carbons (Fsp3) is 0.417. The van der Waals surface area contributed by atoms with E-state index < -0.39 is 0 Å². The standard InChI is InChI=1S/C12H15N3O/c1-15-7-10(12(4-5-12)8-16-13)9-3-2-6-14-11(9)15/h2-3,6-7H,4-5,8,13H2,1H3. The maximum Gasteiger partial charge on any atom is 0.139 e. The van der Waals surface area contributed by atoms with E-state index in [4.69, 9.17) is 10.7 Å². The number of hydrogen-bond donors (Lipinski definition) is 1. The Labute approximate surface area is 94.0 Å². The van der Waals surface area contributed by atoms with Crippen molar-refractivity contribution in [3.63, 3.8) is 0 Å². The summed E-state index contributed by atoms with van der Waals surface area (Å²) in [6.07, 6.45) is 6.28. The molecule has 0 atom stereocenters. The van der Waals surface area contributed by atoms with E-state index >= 15 is 0 Å². The van der Waals surface area contributed by atoms with Gasteiger partial charge in [-0.2, -0.15) is 0 Å². The number of nitrogens with zero attached hydrogens (tertiary/aromatic N) is 2. The number of nitrogens with two attached hydrogens (primary N) is 1. The molecule has 0 radical (unpaired) electrons. The van der Waals surface area contributed by atoms with Crippen molar-refractivity contribution >= 4 is 11.0 Å². The molecule has 4 nitrogen and oxygen atoms in total. The summed E-state index contributed by atoms with van der Waals surface area (Å²) in [5.41, 5.74) is 2.49. The molecule has 16 heavy (non-hydrogen) atoms. The van der Waals surface area contributed by atoms with Crippen LogP contribution in [-0.4, -0.2) is 16.2 Å². The van der Waals surface area contributed by atoms with Gasteiger partial charge in [0, 0.05) is 30.2 Å². The molecule has 2 aromatic rings. The Balaban J connectivity index is 2.17. The SMILES string of the molecule is Cn1cc(C2(CON)CC2)c2cccnc21. The molecule has 1 aliphatic rings. The van der Waals surface area contributed by atoms with Gasteiger partial charge in [-0.15, -0.1) is 0 Å². The molecule has 1 aliphatic carbocycles. The minimum atomic E-state index is 0.136. The lowest BCUT2D eigenvalue weighted by molar-refractivity contribution is 0.116. The molecular weight excluding hydrogens is 202 g/mol. The Morgan fingerprint density at radius 2 is 2.38 bits per heavy atom. The van der Waals surface area contributed by atoms with Crippen molar-refractivity contribution in [3.8, 4) is 0 Å². The number of pyridine rings is 1. The van der Waals surface area contributed by atoms with Crippen molar-refractivity contribution < 1.29 is 4.84 Å². The molecule has 4 heteroatoms. The van der Waals surface area contributed by atoms with Crippen molar-refractivity contribution in [1.82, 2.24) is 9.55 Å². The van der Waals surface area contributed by atoms with Crippen LogP contribution in [0.25, 0.3) is 11.0 Å². The highest BCUT2D eigenvalue weighted by atomic mass is 16.6. The molecule has 0 aliphatic heterocycles. The quantitative estimate of drug-likeness (QED) is 0.792. The zero-order valence-electron chi connectivity index (χ0n) is 9.31. The van der Waals surface area contributed by atoms with Crippen LogP contribution in [0.15, 0.2) is 24.5 Å². The molecular formula is C12H15N3O. The highest BCUT2D eigenvalue weighted by Gasteiger charge is 2.46. The van der Waals surface area contributed by atoms with Gasteiger partial charge < -0.3 is 9.40 Å². The van der Waals surface area contributed by atoms with E-state index in [2.05, 4.69) is 21.8 Å². The first kappa shape index (κ1) is 9.81. The van der Waals surface area contributed by atoms with Crippen molar-refractivity contribution in [1.29, 1.82) is 0 Å². The van der Waals surface area contributed by atoms with Crippen LogP contribution in [0.4, 0.5) is 0 Å². The minimum Gasteiger partial charge on any atom is -0.335 e. The van der Waals surface area contributed by atoms with Crippen molar-refractivity contribution in [2.45, 2.75) is 18.3 Å². The monoisotopic (exact) mass is 217 g/mol. The van der Waals surface area contributed by atoms with E-state index in [1.165, 1.54) is 10.9 Å². The molecule has 2 heterocycles. The second-order valence-corrected chi connectivity index (χ2v) is 4.62. The number of rotatable bonds is 3. The molecule has 84 valence electrons. The number of aryl methyl sites for hydroxylation is 1. The van der Waals surface area contributed by atoms with E-state index in [-0.39, 0.29) is 5.41 Å². The van der Waals surface area contributed by atoms with Gasteiger partial charge in [-0.25, -0.2) is 10.9 Å². The largest absolute Gasteiger partial charge is 0.335 e. The molecule has 1 saturated carbocycles. The van der Waals surface area contributed by atoms with Crippen molar-refractivity contribution in [2.24, 2.45) is 12.9 Å². The van der Waals surface area contributed by atoms with E-state index in [0.717, 1.165) is 18.5 Å². The van der Waals surface area contributed by atoms with Crippen LogP contribution < -0.4 is 5.90 Å².